The fourth-order valence-corrected chi connectivity index (χ4v) is 2.84. The molecule has 1 saturated heterocycles. The summed E-state index contributed by atoms with van der Waals surface area (Å²) in [5, 5.41) is 12.6. The van der Waals surface area contributed by atoms with Crippen molar-refractivity contribution in [3.63, 3.8) is 0 Å². The molecular weight excluding hydrogens is 327 g/mol. The van der Waals surface area contributed by atoms with E-state index >= 15 is 0 Å². The topological polar surface area (TPSA) is 78.7 Å². The standard InChI is InChI=1S/C17H19FN4O3/c18-15-3-1-13(2-4-15)10-20-5-7-21(8-6-20)17(25)14-9-19-22(11-14)12-16(23)24/h1-4,9,11H,5-8,10,12H2,(H,23,24). The molecule has 0 spiro atoms. The normalized spacial score (nSPS) is 15.3. The molecule has 8 heteroatoms. The number of hydrogen-bond acceptors (Lipinski definition) is 4. The van der Waals surface area contributed by atoms with Gasteiger partial charge in [-0.3, -0.25) is 19.2 Å². The molecule has 25 heavy (non-hydrogen) atoms. The van der Waals surface area contributed by atoms with Crippen LogP contribution in [-0.4, -0.2) is 62.7 Å². The fourth-order valence-electron chi connectivity index (χ4n) is 2.84. The Hall–Kier alpha value is -2.74. The van der Waals surface area contributed by atoms with E-state index in [1.165, 1.54) is 29.2 Å². The zero-order chi connectivity index (χ0) is 17.8. The molecule has 0 aliphatic carbocycles. The number of piperazine rings is 1. The van der Waals surface area contributed by atoms with Crippen molar-refractivity contribution in [3.8, 4) is 0 Å². The highest BCUT2D eigenvalue weighted by Crippen LogP contribution is 2.12. The molecule has 0 saturated carbocycles. The molecule has 0 radical (unpaired) electrons. The first kappa shape index (κ1) is 17.1. The predicted molar refractivity (Wildman–Crippen MR) is 87.4 cm³/mol. The number of aromatic nitrogens is 2. The van der Waals surface area contributed by atoms with E-state index in [1.807, 2.05) is 0 Å². The Morgan fingerprint density at radius 3 is 2.44 bits per heavy atom. The Morgan fingerprint density at radius 2 is 1.80 bits per heavy atom. The molecule has 1 N–H and O–H groups in total. The van der Waals surface area contributed by atoms with Crippen LogP contribution in [0.25, 0.3) is 0 Å². The predicted octanol–water partition coefficient (Wildman–Crippen LogP) is 1.06. The minimum absolute atomic E-state index is 0.141. The molecule has 1 fully saturated rings. The number of aliphatic carboxylic acids is 1. The Morgan fingerprint density at radius 1 is 1.12 bits per heavy atom. The van der Waals surface area contributed by atoms with Crippen molar-refractivity contribution in [3.05, 3.63) is 53.6 Å². The largest absolute Gasteiger partial charge is 0.480 e. The summed E-state index contributed by atoms with van der Waals surface area (Å²) in [6.45, 7) is 3.09. The number of amides is 1. The number of carboxylic acid groups (broad SMARTS) is 1. The van der Waals surface area contributed by atoms with Crippen molar-refractivity contribution in [2.24, 2.45) is 0 Å². The lowest BCUT2D eigenvalue weighted by molar-refractivity contribution is -0.137. The second-order valence-electron chi connectivity index (χ2n) is 6.02. The summed E-state index contributed by atoms with van der Waals surface area (Å²) in [7, 11) is 0. The maximum Gasteiger partial charge on any atom is 0.325 e. The smallest absolute Gasteiger partial charge is 0.325 e. The minimum atomic E-state index is -1.00. The van der Waals surface area contributed by atoms with Crippen LogP contribution < -0.4 is 0 Å². The monoisotopic (exact) mass is 346 g/mol. The number of carboxylic acids is 1. The van der Waals surface area contributed by atoms with Crippen LogP contribution in [0.1, 0.15) is 15.9 Å². The molecule has 132 valence electrons. The number of nitrogens with zero attached hydrogens (tertiary/aromatic N) is 4. The summed E-state index contributed by atoms with van der Waals surface area (Å²) in [5.41, 5.74) is 1.43. The number of hydrogen-bond donors (Lipinski definition) is 1. The molecule has 7 nitrogen and oxygen atoms in total. The van der Waals surface area contributed by atoms with Crippen molar-refractivity contribution in [2.75, 3.05) is 26.2 Å². The van der Waals surface area contributed by atoms with Crippen LogP contribution in [0, 0.1) is 5.82 Å². The highest BCUT2D eigenvalue weighted by molar-refractivity contribution is 5.93. The molecule has 0 bridgehead atoms. The van der Waals surface area contributed by atoms with Gasteiger partial charge in [-0.25, -0.2) is 4.39 Å². The molecule has 1 aromatic heterocycles. The first-order valence-corrected chi connectivity index (χ1v) is 8.01. The number of carbonyl (C=O) groups excluding carboxylic acids is 1. The van der Waals surface area contributed by atoms with Gasteiger partial charge in [0.1, 0.15) is 12.4 Å². The van der Waals surface area contributed by atoms with Gasteiger partial charge < -0.3 is 10.0 Å². The van der Waals surface area contributed by atoms with E-state index in [0.717, 1.165) is 25.2 Å². The first-order chi connectivity index (χ1) is 12.0. The molecule has 1 amide bonds. The molecule has 1 aliphatic rings. The van der Waals surface area contributed by atoms with Gasteiger partial charge in [-0.05, 0) is 17.7 Å². The lowest BCUT2D eigenvalue weighted by atomic mass is 10.2. The van der Waals surface area contributed by atoms with E-state index in [-0.39, 0.29) is 18.3 Å². The summed E-state index contributed by atoms with van der Waals surface area (Å²) in [6, 6.07) is 6.43. The molecule has 1 aliphatic heterocycles. The third-order valence-electron chi connectivity index (χ3n) is 4.16. The summed E-state index contributed by atoms with van der Waals surface area (Å²) in [6.07, 6.45) is 2.86. The van der Waals surface area contributed by atoms with Gasteiger partial charge in [-0.2, -0.15) is 5.10 Å². The van der Waals surface area contributed by atoms with Gasteiger partial charge in [0.05, 0.1) is 11.8 Å². The first-order valence-electron chi connectivity index (χ1n) is 8.01. The van der Waals surface area contributed by atoms with Crippen LogP contribution in [0.3, 0.4) is 0 Å². The summed E-state index contributed by atoms with van der Waals surface area (Å²) in [5.74, 6) is -1.39. The maximum atomic E-state index is 12.9. The Balaban J connectivity index is 1.52. The van der Waals surface area contributed by atoms with Gasteiger partial charge in [-0.1, -0.05) is 12.1 Å². The minimum Gasteiger partial charge on any atom is -0.480 e. The third-order valence-corrected chi connectivity index (χ3v) is 4.16. The number of halogens is 1. The molecule has 3 rings (SSSR count). The third kappa shape index (κ3) is 4.42. The molecule has 1 aromatic carbocycles. The van der Waals surface area contributed by atoms with Crippen molar-refractivity contribution < 1.29 is 19.1 Å². The van der Waals surface area contributed by atoms with Crippen molar-refractivity contribution in [1.82, 2.24) is 19.6 Å². The highest BCUT2D eigenvalue weighted by atomic mass is 19.1. The van der Waals surface area contributed by atoms with E-state index in [4.69, 9.17) is 5.11 Å². The van der Waals surface area contributed by atoms with Crippen LogP contribution in [0.4, 0.5) is 4.39 Å². The average Bonchev–Trinajstić information content (AvgIpc) is 3.05. The van der Waals surface area contributed by atoms with E-state index in [0.29, 0.717) is 18.7 Å². The van der Waals surface area contributed by atoms with Crippen LogP contribution >= 0.6 is 0 Å². The SMILES string of the molecule is O=C(O)Cn1cc(C(=O)N2CCN(Cc3ccc(F)cc3)CC2)cn1. The summed E-state index contributed by atoms with van der Waals surface area (Å²) in [4.78, 5) is 27.1. The van der Waals surface area contributed by atoms with E-state index in [1.54, 1.807) is 17.0 Å². The van der Waals surface area contributed by atoms with Crippen LogP contribution in [0.2, 0.25) is 0 Å². The van der Waals surface area contributed by atoms with Crippen LogP contribution in [0.5, 0.6) is 0 Å². The Bertz CT molecular complexity index is 752. The maximum absolute atomic E-state index is 12.9. The van der Waals surface area contributed by atoms with Crippen LogP contribution in [0.15, 0.2) is 36.7 Å². The van der Waals surface area contributed by atoms with Crippen molar-refractivity contribution in [2.45, 2.75) is 13.1 Å². The zero-order valence-corrected chi connectivity index (χ0v) is 13.6. The molecule has 0 unspecified atom stereocenters. The van der Waals surface area contributed by atoms with Gasteiger partial charge in [0.15, 0.2) is 0 Å². The van der Waals surface area contributed by atoms with E-state index in [9.17, 15) is 14.0 Å². The van der Waals surface area contributed by atoms with Gasteiger partial charge in [-0.15, -0.1) is 0 Å². The highest BCUT2D eigenvalue weighted by Gasteiger charge is 2.23. The summed E-state index contributed by atoms with van der Waals surface area (Å²) < 4.78 is 14.2. The quantitative estimate of drug-likeness (QED) is 0.876. The number of rotatable bonds is 5. The van der Waals surface area contributed by atoms with Crippen LogP contribution in [-0.2, 0) is 17.9 Å². The van der Waals surface area contributed by atoms with Gasteiger partial charge in [0.25, 0.3) is 5.91 Å². The van der Waals surface area contributed by atoms with E-state index in [2.05, 4.69) is 10.00 Å². The zero-order valence-electron chi connectivity index (χ0n) is 13.6. The lowest BCUT2D eigenvalue weighted by Crippen LogP contribution is -2.48. The Kier molecular flexibility index (Phi) is 5.08. The number of carbonyl (C=O) groups is 2. The molecular formula is C17H19FN4O3. The van der Waals surface area contributed by atoms with Crippen molar-refractivity contribution in [1.29, 1.82) is 0 Å². The number of benzene rings is 1. The van der Waals surface area contributed by atoms with E-state index < -0.39 is 5.97 Å². The fraction of sp³-hybridized carbons (Fsp3) is 0.353. The molecule has 2 heterocycles. The molecule has 2 aromatic rings. The lowest BCUT2D eigenvalue weighted by Gasteiger charge is -2.34. The summed E-state index contributed by atoms with van der Waals surface area (Å²) >= 11 is 0. The second-order valence-corrected chi connectivity index (χ2v) is 6.02. The van der Waals surface area contributed by atoms with Gasteiger partial charge >= 0.3 is 5.97 Å². The Labute approximate surface area is 144 Å². The van der Waals surface area contributed by atoms with Gasteiger partial charge in [0.2, 0.25) is 0 Å². The van der Waals surface area contributed by atoms with Gasteiger partial charge in [0, 0.05) is 38.9 Å². The molecule has 0 atom stereocenters. The average molecular weight is 346 g/mol. The second kappa shape index (κ2) is 7.43. The van der Waals surface area contributed by atoms with Crippen molar-refractivity contribution >= 4 is 11.9 Å².